The van der Waals surface area contributed by atoms with Crippen LogP contribution >= 0.6 is 15.9 Å². The van der Waals surface area contributed by atoms with Crippen molar-refractivity contribution >= 4 is 15.9 Å². The first-order chi connectivity index (χ1) is 8.30. The highest BCUT2D eigenvalue weighted by Gasteiger charge is 2.46. The normalized spacial score (nSPS) is 17.6. The fourth-order valence-corrected chi connectivity index (χ4v) is 2.32. The number of ether oxygens (including phenoxy) is 1. The monoisotopic (exact) mass is 311 g/mol. The van der Waals surface area contributed by atoms with Crippen LogP contribution in [0.4, 0.5) is 0 Å². The maximum Gasteiger partial charge on any atom is 0.123 e. The van der Waals surface area contributed by atoms with Crippen LogP contribution in [0.5, 0.6) is 5.75 Å². The standard InChI is InChI=1S/C15H22BrNO/c1-11-9-12(16)5-6-13(11)18-15(7-8-15)10-17-14(2,3)4/h5-6,9,17H,7-8,10H2,1-4H3. The molecule has 0 spiro atoms. The molecular formula is C15H22BrNO. The van der Waals surface area contributed by atoms with E-state index in [2.05, 4.69) is 61.1 Å². The van der Waals surface area contributed by atoms with E-state index in [4.69, 9.17) is 4.74 Å². The van der Waals surface area contributed by atoms with Gasteiger partial charge in [0.1, 0.15) is 11.4 Å². The quantitative estimate of drug-likeness (QED) is 0.905. The molecule has 1 aliphatic carbocycles. The summed E-state index contributed by atoms with van der Waals surface area (Å²) in [4.78, 5) is 0. The number of halogens is 1. The molecule has 0 atom stereocenters. The maximum atomic E-state index is 6.21. The van der Waals surface area contributed by atoms with Crippen molar-refractivity contribution in [1.82, 2.24) is 5.32 Å². The van der Waals surface area contributed by atoms with Crippen molar-refractivity contribution in [2.75, 3.05) is 6.54 Å². The molecule has 100 valence electrons. The Kier molecular flexibility index (Phi) is 3.75. The van der Waals surface area contributed by atoms with Gasteiger partial charge in [-0.15, -0.1) is 0 Å². The van der Waals surface area contributed by atoms with Crippen LogP contribution in [0.25, 0.3) is 0 Å². The Balaban J connectivity index is 2.00. The smallest absolute Gasteiger partial charge is 0.123 e. The highest BCUT2D eigenvalue weighted by atomic mass is 79.9. The summed E-state index contributed by atoms with van der Waals surface area (Å²) in [5.74, 6) is 1.01. The van der Waals surface area contributed by atoms with E-state index in [9.17, 15) is 0 Å². The zero-order valence-electron chi connectivity index (χ0n) is 11.6. The molecule has 1 saturated carbocycles. The summed E-state index contributed by atoms with van der Waals surface area (Å²) in [5.41, 5.74) is 1.35. The van der Waals surface area contributed by atoms with Crippen molar-refractivity contribution < 1.29 is 4.74 Å². The van der Waals surface area contributed by atoms with Crippen LogP contribution in [0, 0.1) is 6.92 Å². The number of hydrogen-bond donors (Lipinski definition) is 1. The number of hydrogen-bond acceptors (Lipinski definition) is 2. The molecule has 1 aromatic rings. The second kappa shape index (κ2) is 4.86. The van der Waals surface area contributed by atoms with E-state index in [-0.39, 0.29) is 11.1 Å². The lowest BCUT2D eigenvalue weighted by Gasteiger charge is -2.26. The third-order valence-electron chi connectivity index (χ3n) is 3.21. The van der Waals surface area contributed by atoms with Gasteiger partial charge in [-0.05, 0) is 64.3 Å². The third kappa shape index (κ3) is 3.72. The molecule has 1 fully saturated rings. The molecule has 1 aliphatic rings. The minimum Gasteiger partial charge on any atom is -0.486 e. The first-order valence-electron chi connectivity index (χ1n) is 6.50. The Labute approximate surface area is 118 Å². The summed E-state index contributed by atoms with van der Waals surface area (Å²) in [7, 11) is 0. The van der Waals surface area contributed by atoms with Gasteiger partial charge in [0.25, 0.3) is 0 Å². The number of nitrogens with one attached hydrogen (secondary N) is 1. The van der Waals surface area contributed by atoms with Gasteiger partial charge in [0.15, 0.2) is 0 Å². The molecule has 0 radical (unpaired) electrons. The van der Waals surface area contributed by atoms with Gasteiger partial charge in [-0.25, -0.2) is 0 Å². The van der Waals surface area contributed by atoms with Crippen LogP contribution in [0.2, 0.25) is 0 Å². The average molecular weight is 312 g/mol. The lowest BCUT2D eigenvalue weighted by Crippen LogP contribution is -2.43. The molecule has 0 bridgehead atoms. The Morgan fingerprint density at radius 3 is 2.50 bits per heavy atom. The predicted molar refractivity (Wildman–Crippen MR) is 79.2 cm³/mol. The molecule has 0 heterocycles. The molecule has 0 saturated heterocycles. The fourth-order valence-electron chi connectivity index (χ4n) is 1.84. The fraction of sp³-hybridized carbons (Fsp3) is 0.600. The van der Waals surface area contributed by atoms with Crippen molar-refractivity contribution in [3.05, 3.63) is 28.2 Å². The van der Waals surface area contributed by atoms with Gasteiger partial charge in [-0.1, -0.05) is 15.9 Å². The topological polar surface area (TPSA) is 21.3 Å². The summed E-state index contributed by atoms with van der Waals surface area (Å²) in [5, 5.41) is 3.54. The van der Waals surface area contributed by atoms with E-state index in [0.717, 1.165) is 29.6 Å². The van der Waals surface area contributed by atoms with Crippen LogP contribution in [0.1, 0.15) is 39.2 Å². The first-order valence-corrected chi connectivity index (χ1v) is 7.29. The van der Waals surface area contributed by atoms with Gasteiger partial charge in [0.05, 0.1) is 0 Å². The molecule has 1 aromatic carbocycles. The minimum atomic E-state index is 0.0197. The predicted octanol–water partition coefficient (Wildman–Crippen LogP) is 4.06. The molecule has 0 unspecified atom stereocenters. The molecule has 1 N–H and O–H groups in total. The van der Waals surface area contributed by atoms with Crippen LogP contribution in [-0.2, 0) is 0 Å². The second-order valence-electron chi connectivity index (χ2n) is 6.30. The van der Waals surface area contributed by atoms with Gasteiger partial charge in [0.2, 0.25) is 0 Å². The summed E-state index contributed by atoms with van der Waals surface area (Å²) >= 11 is 3.48. The van der Waals surface area contributed by atoms with E-state index in [1.54, 1.807) is 0 Å². The van der Waals surface area contributed by atoms with Gasteiger partial charge in [0, 0.05) is 16.6 Å². The summed E-state index contributed by atoms with van der Waals surface area (Å²) in [6.07, 6.45) is 2.29. The van der Waals surface area contributed by atoms with E-state index < -0.39 is 0 Å². The Hall–Kier alpha value is -0.540. The van der Waals surface area contributed by atoms with Gasteiger partial charge < -0.3 is 10.1 Å². The van der Waals surface area contributed by atoms with E-state index >= 15 is 0 Å². The van der Waals surface area contributed by atoms with Crippen molar-refractivity contribution in [2.24, 2.45) is 0 Å². The molecular weight excluding hydrogens is 290 g/mol. The van der Waals surface area contributed by atoms with Crippen LogP contribution in [0.15, 0.2) is 22.7 Å². The third-order valence-corrected chi connectivity index (χ3v) is 3.71. The van der Waals surface area contributed by atoms with Crippen LogP contribution < -0.4 is 10.1 Å². The first kappa shape index (κ1) is 13.9. The van der Waals surface area contributed by atoms with Gasteiger partial charge in [-0.3, -0.25) is 0 Å². The average Bonchev–Trinajstić information content (AvgIpc) is 3.00. The second-order valence-corrected chi connectivity index (χ2v) is 7.21. The van der Waals surface area contributed by atoms with E-state index in [1.165, 1.54) is 5.56 Å². The van der Waals surface area contributed by atoms with Crippen molar-refractivity contribution in [1.29, 1.82) is 0 Å². The lowest BCUT2D eigenvalue weighted by molar-refractivity contribution is 0.163. The molecule has 3 heteroatoms. The van der Waals surface area contributed by atoms with Crippen molar-refractivity contribution in [3.63, 3.8) is 0 Å². The summed E-state index contributed by atoms with van der Waals surface area (Å²) < 4.78 is 7.31. The SMILES string of the molecule is Cc1cc(Br)ccc1OC1(CNC(C)(C)C)CC1. The Morgan fingerprint density at radius 1 is 1.33 bits per heavy atom. The van der Waals surface area contributed by atoms with Crippen molar-refractivity contribution in [2.45, 2.75) is 51.7 Å². The highest BCUT2D eigenvalue weighted by molar-refractivity contribution is 9.10. The lowest BCUT2D eigenvalue weighted by atomic mass is 10.1. The molecule has 0 amide bonds. The number of benzene rings is 1. The zero-order valence-corrected chi connectivity index (χ0v) is 13.2. The Morgan fingerprint density at radius 2 is 2.00 bits per heavy atom. The highest BCUT2D eigenvalue weighted by Crippen LogP contribution is 2.41. The molecule has 18 heavy (non-hydrogen) atoms. The summed E-state index contributed by atoms with van der Waals surface area (Å²) in [6, 6.07) is 6.19. The summed E-state index contributed by atoms with van der Waals surface area (Å²) in [6.45, 7) is 9.58. The maximum absolute atomic E-state index is 6.21. The van der Waals surface area contributed by atoms with Gasteiger partial charge in [-0.2, -0.15) is 0 Å². The van der Waals surface area contributed by atoms with Gasteiger partial charge >= 0.3 is 0 Å². The van der Waals surface area contributed by atoms with Crippen LogP contribution in [-0.4, -0.2) is 17.7 Å². The molecule has 2 nitrogen and oxygen atoms in total. The van der Waals surface area contributed by atoms with E-state index in [0.29, 0.717) is 0 Å². The Bertz CT molecular complexity index is 433. The molecule has 2 rings (SSSR count). The zero-order chi connectivity index (χ0) is 13.4. The number of aryl methyl sites for hydroxylation is 1. The minimum absolute atomic E-state index is 0.0197. The van der Waals surface area contributed by atoms with Crippen LogP contribution in [0.3, 0.4) is 0 Å². The number of rotatable bonds is 4. The van der Waals surface area contributed by atoms with Crippen molar-refractivity contribution in [3.8, 4) is 5.75 Å². The molecule has 0 aliphatic heterocycles. The molecule has 0 aromatic heterocycles. The van der Waals surface area contributed by atoms with E-state index in [1.807, 2.05) is 6.07 Å². The largest absolute Gasteiger partial charge is 0.486 e.